The fourth-order valence-electron chi connectivity index (χ4n) is 3.65. The van der Waals surface area contributed by atoms with E-state index in [4.69, 9.17) is 0 Å². The summed E-state index contributed by atoms with van der Waals surface area (Å²) in [5, 5.41) is 8.14. The molecule has 1 fully saturated rings. The van der Waals surface area contributed by atoms with Crippen LogP contribution in [0.5, 0.6) is 0 Å². The Bertz CT molecular complexity index is 782. The van der Waals surface area contributed by atoms with Crippen molar-refractivity contribution in [2.24, 2.45) is 0 Å². The Morgan fingerprint density at radius 2 is 1.92 bits per heavy atom. The Morgan fingerprint density at radius 1 is 1.15 bits per heavy atom. The monoisotopic (exact) mass is 353 g/mol. The molecule has 3 rings (SSSR count). The van der Waals surface area contributed by atoms with Crippen molar-refractivity contribution < 1.29 is 9.59 Å². The Kier molecular flexibility index (Phi) is 5.76. The van der Waals surface area contributed by atoms with Crippen LogP contribution in [-0.4, -0.2) is 36.0 Å². The summed E-state index contributed by atoms with van der Waals surface area (Å²) in [6.07, 6.45) is 2.26. The number of nitrogens with zero attached hydrogens (tertiary/aromatic N) is 1. The molecule has 1 aliphatic heterocycles. The zero-order chi connectivity index (χ0) is 18.5. The summed E-state index contributed by atoms with van der Waals surface area (Å²) >= 11 is 0. The van der Waals surface area contributed by atoms with E-state index in [9.17, 15) is 9.59 Å². The summed E-state index contributed by atoms with van der Waals surface area (Å²) in [4.78, 5) is 26.3. The molecule has 3 amide bonds. The van der Waals surface area contributed by atoms with Gasteiger partial charge in [-0.05, 0) is 43.0 Å². The van der Waals surface area contributed by atoms with Gasteiger partial charge in [-0.25, -0.2) is 4.79 Å². The molecule has 1 aliphatic rings. The van der Waals surface area contributed by atoms with Crippen LogP contribution in [0.15, 0.2) is 42.5 Å². The quantitative estimate of drug-likeness (QED) is 0.863. The molecular formula is C21H27N3O2. The number of likely N-dealkylation sites (tertiary alicyclic amines) is 1. The Balaban J connectivity index is 1.66. The van der Waals surface area contributed by atoms with Gasteiger partial charge in [0, 0.05) is 25.6 Å². The molecule has 1 atom stereocenters. The minimum absolute atomic E-state index is 0.0349. The van der Waals surface area contributed by atoms with E-state index in [1.807, 2.05) is 30.9 Å². The van der Waals surface area contributed by atoms with E-state index in [-0.39, 0.29) is 24.0 Å². The molecule has 0 saturated carbocycles. The first-order chi connectivity index (χ1) is 12.6. The third-order valence-electron chi connectivity index (χ3n) is 4.77. The van der Waals surface area contributed by atoms with E-state index in [0.29, 0.717) is 13.0 Å². The van der Waals surface area contributed by atoms with Crippen LogP contribution < -0.4 is 10.6 Å². The molecule has 1 saturated heterocycles. The number of nitrogens with one attached hydrogen (secondary N) is 2. The standard InChI is InChI=1S/C21H27N3O2/c1-15(2)23-20(25)12-13-22-21(26)24-14-6-11-19(24)18-10-5-8-16-7-3-4-9-17(16)18/h3-5,7-10,15,19H,6,11-14H2,1-2H3,(H,22,26)(H,23,25)/t19-/m1/s1. The van der Waals surface area contributed by atoms with Gasteiger partial charge >= 0.3 is 6.03 Å². The van der Waals surface area contributed by atoms with E-state index in [1.54, 1.807) is 0 Å². The van der Waals surface area contributed by atoms with E-state index in [2.05, 4.69) is 41.0 Å². The summed E-state index contributed by atoms with van der Waals surface area (Å²) in [5.41, 5.74) is 1.20. The van der Waals surface area contributed by atoms with Crippen LogP contribution in [0.25, 0.3) is 10.8 Å². The van der Waals surface area contributed by atoms with Gasteiger partial charge in [-0.2, -0.15) is 0 Å². The van der Waals surface area contributed by atoms with Gasteiger partial charge in [-0.15, -0.1) is 0 Å². The Hall–Kier alpha value is -2.56. The maximum absolute atomic E-state index is 12.7. The van der Waals surface area contributed by atoms with E-state index in [1.165, 1.54) is 16.3 Å². The van der Waals surface area contributed by atoms with Crippen LogP contribution in [-0.2, 0) is 4.79 Å². The van der Waals surface area contributed by atoms with Gasteiger partial charge in [-0.1, -0.05) is 42.5 Å². The predicted octanol–water partition coefficient (Wildman–Crippen LogP) is 3.60. The second-order valence-corrected chi connectivity index (χ2v) is 7.12. The molecule has 2 N–H and O–H groups in total. The summed E-state index contributed by atoms with van der Waals surface area (Å²) in [6.45, 7) is 4.96. The number of hydrogen-bond acceptors (Lipinski definition) is 2. The van der Waals surface area contributed by atoms with Crippen molar-refractivity contribution in [3.8, 4) is 0 Å². The maximum atomic E-state index is 12.7. The second kappa shape index (κ2) is 8.21. The smallest absolute Gasteiger partial charge is 0.317 e. The van der Waals surface area contributed by atoms with Crippen LogP contribution in [0.2, 0.25) is 0 Å². The van der Waals surface area contributed by atoms with Gasteiger partial charge in [-0.3, -0.25) is 4.79 Å². The summed E-state index contributed by atoms with van der Waals surface area (Å²) in [7, 11) is 0. The number of benzene rings is 2. The molecule has 0 aliphatic carbocycles. The molecule has 2 aromatic rings. The summed E-state index contributed by atoms with van der Waals surface area (Å²) < 4.78 is 0. The van der Waals surface area contributed by atoms with Crippen LogP contribution >= 0.6 is 0 Å². The van der Waals surface area contributed by atoms with Gasteiger partial charge in [0.15, 0.2) is 0 Å². The Labute approximate surface area is 154 Å². The molecule has 2 aromatic carbocycles. The van der Waals surface area contributed by atoms with Crippen molar-refractivity contribution in [1.29, 1.82) is 0 Å². The zero-order valence-electron chi connectivity index (χ0n) is 15.5. The highest BCUT2D eigenvalue weighted by atomic mass is 16.2. The molecule has 0 unspecified atom stereocenters. The summed E-state index contributed by atoms with van der Waals surface area (Å²) in [5.74, 6) is -0.0349. The minimum Gasteiger partial charge on any atom is -0.354 e. The fourth-order valence-corrected chi connectivity index (χ4v) is 3.65. The highest BCUT2D eigenvalue weighted by Crippen LogP contribution is 2.35. The molecule has 0 radical (unpaired) electrons. The number of hydrogen-bond donors (Lipinski definition) is 2. The molecule has 5 nitrogen and oxygen atoms in total. The lowest BCUT2D eigenvalue weighted by atomic mass is 9.97. The SMILES string of the molecule is CC(C)NC(=O)CCNC(=O)N1CCC[C@@H]1c1cccc2ccccc12. The van der Waals surface area contributed by atoms with Gasteiger partial charge < -0.3 is 15.5 Å². The highest BCUT2D eigenvalue weighted by molar-refractivity contribution is 5.87. The van der Waals surface area contributed by atoms with Crippen molar-refractivity contribution in [2.75, 3.05) is 13.1 Å². The summed E-state index contributed by atoms with van der Waals surface area (Å²) in [6, 6.07) is 14.7. The van der Waals surface area contributed by atoms with Crippen LogP contribution in [0.4, 0.5) is 4.79 Å². The largest absolute Gasteiger partial charge is 0.354 e. The highest BCUT2D eigenvalue weighted by Gasteiger charge is 2.30. The molecular weight excluding hydrogens is 326 g/mol. The number of fused-ring (bicyclic) bond motifs is 1. The van der Waals surface area contributed by atoms with E-state index < -0.39 is 0 Å². The topological polar surface area (TPSA) is 61.4 Å². The average molecular weight is 353 g/mol. The maximum Gasteiger partial charge on any atom is 0.317 e. The van der Waals surface area contributed by atoms with Gasteiger partial charge in [0.25, 0.3) is 0 Å². The number of rotatable bonds is 5. The number of urea groups is 1. The Morgan fingerprint density at radius 3 is 2.73 bits per heavy atom. The lowest BCUT2D eigenvalue weighted by Crippen LogP contribution is -2.41. The number of carbonyl (C=O) groups is 2. The normalized spacial score (nSPS) is 16.9. The van der Waals surface area contributed by atoms with Crippen LogP contribution in [0.3, 0.4) is 0 Å². The van der Waals surface area contributed by atoms with E-state index in [0.717, 1.165) is 19.4 Å². The van der Waals surface area contributed by atoms with Crippen LogP contribution in [0.1, 0.15) is 44.7 Å². The van der Waals surface area contributed by atoms with Crippen molar-refractivity contribution in [1.82, 2.24) is 15.5 Å². The number of carbonyl (C=O) groups excluding carboxylic acids is 2. The number of amides is 3. The third-order valence-corrected chi connectivity index (χ3v) is 4.77. The van der Waals surface area contributed by atoms with Crippen molar-refractivity contribution in [3.63, 3.8) is 0 Å². The zero-order valence-corrected chi connectivity index (χ0v) is 15.5. The minimum atomic E-state index is -0.0854. The van der Waals surface area contributed by atoms with E-state index >= 15 is 0 Å². The van der Waals surface area contributed by atoms with Gasteiger partial charge in [0.05, 0.1) is 6.04 Å². The molecule has 5 heteroatoms. The van der Waals surface area contributed by atoms with Crippen molar-refractivity contribution in [3.05, 3.63) is 48.0 Å². The lowest BCUT2D eigenvalue weighted by molar-refractivity contribution is -0.121. The van der Waals surface area contributed by atoms with Gasteiger partial charge in [0.2, 0.25) is 5.91 Å². The lowest BCUT2D eigenvalue weighted by Gasteiger charge is -2.26. The first-order valence-electron chi connectivity index (χ1n) is 9.38. The molecule has 138 valence electrons. The molecule has 26 heavy (non-hydrogen) atoms. The first kappa shape index (κ1) is 18.2. The second-order valence-electron chi connectivity index (χ2n) is 7.12. The molecule has 1 heterocycles. The molecule has 0 bridgehead atoms. The molecule has 0 spiro atoms. The average Bonchev–Trinajstić information content (AvgIpc) is 3.10. The van der Waals surface area contributed by atoms with Crippen molar-refractivity contribution >= 4 is 22.7 Å². The fraction of sp³-hybridized carbons (Fsp3) is 0.429. The molecule has 0 aromatic heterocycles. The van der Waals surface area contributed by atoms with Gasteiger partial charge in [0.1, 0.15) is 0 Å². The first-order valence-corrected chi connectivity index (χ1v) is 9.38. The predicted molar refractivity (Wildman–Crippen MR) is 104 cm³/mol. The third kappa shape index (κ3) is 4.15. The van der Waals surface area contributed by atoms with Crippen LogP contribution in [0, 0.1) is 0 Å². The van der Waals surface area contributed by atoms with Crippen molar-refractivity contribution in [2.45, 2.75) is 45.2 Å².